The van der Waals surface area contributed by atoms with Gasteiger partial charge in [0.2, 0.25) is 5.89 Å². The lowest BCUT2D eigenvalue weighted by Crippen LogP contribution is -2.00. The van der Waals surface area contributed by atoms with Crippen molar-refractivity contribution in [3.63, 3.8) is 0 Å². The molecule has 0 bridgehead atoms. The molecular formula is C40H24N4O2. The van der Waals surface area contributed by atoms with E-state index in [2.05, 4.69) is 30.3 Å². The predicted molar refractivity (Wildman–Crippen MR) is 182 cm³/mol. The summed E-state index contributed by atoms with van der Waals surface area (Å²) >= 11 is 0. The SMILES string of the molecule is c1ccc(-c2nc(-c3ccccc3)nc(-c3ccc4oc5c(-c6cccc7nc(-c8ccccc8)oc67)cccc5c4c3)n2)cc1. The van der Waals surface area contributed by atoms with Crippen LogP contribution in [-0.2, 0) is 0 Å². The zero-order valence-corrected chi connectivity index (χ0v) is 24.5. The summed E-state index contributed by atoms with van der Waals surface area (Å²) in [7, 11) is 0. The van der Waals surface area contributed by atoms with Gasteiger partial charge in [-0.1, -0.05) is 109 Å². The third-order valence-electron chi connectivity index (χ3n) is 8.18. The second kappa shape index (κ2) is 10.6. The van der Waals surface area contributed by atoms with Gasteiger partial charge in [-0.3, -0.25) is 0 Å². The highest BCUT2D eigenvalue weighted by molar-refractivity contribution is 6.12. The molecule has 0 unspecified atom stereocenters. The molecule has 0 atom stereocenters. The van der Waals surface area contributed by atoms with Crippen molar-refractivity contribution in [2.75, 3.05) is 0 Å². The van der Waals surface area contributed by atoms with Crippen LogP contribution in [0.4, 0.5) is 0 Å². The molecular weight excluding hydrogens is 568 g/mol. The van der Waals surface area contributed by atoms with Gasteiger partial charge in [0.25, 0.3) is 0 Å². The molecule has 0 radical (unpaired) electrons. The molecule has 0 saturated heterocycles. The van der Waals surface area contributed by atoms with Crippen molar-refractivity contribution < 1.29 is 8.83 Å². The van der Waals surface area contributed by atoms with Gasteiger partial charge >= 0.3 is 0 Å². The molecule has 216 valence electrons. The van der Waals surface area contributed by atoms with Crippen LogP contribution in [0.1, 0.15) is 0 Å². The van der Waals surface area contributed by atoms with E-state index in [4.69, 9.17) is 28.8 Å². The Morgan fingerprint density at radius 2 is 0.935 bits per heavy atom. The number of furan rings is 1. The highest BCUT2D eigenvalue weighted by Crippen LogP contribution is 2.40. The monoisotopic (exact) mass is 592 g/mol. The number of fused-ring (bicyclic) bond motifs is 4. The Kier molecular flexibility index (Phi) is 6.03. The standard InChI is InChI=1S/C40H24N4O2/c1-4-12-25(13-5-1)37-42-38(26-14-6-2-7-15-26)44-39(43-37)28-22-23-34-32(24-28)31-19-10-18-29(35(31)45-34)30-20-11-21-33-36(30)46-40(41-33)27-16-8-3-9-17-27/h1-24H. The molecule has 6 nitrogen and oxygen atoms in total. The fourth-order valence-electron chi connectivity index (χ4n) is 5.95. The van der Waals surface area contributed by atoms with Crippen molar-refractivity contribution >= 4 is 33.0 Å². The number of para-hydroxylation sites is 2. The van der Waals surface area contributed by atoms with E-state index in [1.165, 1.54) is 0 Å². The molecule has 46 heavy (non-hydrogen) atoms. The van der Waals surface area contributed by atoms with Crippen molar-refractivity contribution in [2.45, 2.75) is 0 Å². The van der Waals surface area contributed by atoms with E-state index < -0.39 is 0 Å². The van der Waals surface area contributed by atoms with Crippen LogP contribution in [0.25, 0.3) is 89.8 Å². The van der Waals surface area contributed by atoms with Crippen LogP contribution in [-0.4, -0.2) is 19.9 Å². The molecule has 0 fully saturated rings. The molecule has 0 aliphatic carbocycles. The first-order chi connectivity index (χ1) is 22.8. The summed E-state index contributed by atoms with van der Waals surface area (Å²) in [6, 6.07) is 48.3. The Balaban J connectivity index is 1.20. The van der Waals surface area contributed by atoms with Crippen LogP contribution in [0.3, 0.4) is 0 Å². The van der Waals surface area contributed by atoms with Crippen molar-refractivity contribution in [2.24, 2.45) is 0 Å². The van der Waals surface area contributed by atoms with Crippen LogP contribution < -0.4 is 0 Å². The molecule has 6 heteroatoms. The summed E-state index contributed by atoms with van der Waals surface area (Å²) in [5, 5.41) is 1.97. The summed E-state index contributed by atoms with van der Waals surface area (Å²) in [5.74, 6) is 2.43. The minimum atomic E-state index is 0.589. The molecule has 0 aliphatic rings. The highest BCUT2D eigenvalue weighted by Gasteiger charge is 2.19. The third kappa shape index (κ3) is 4.43. The molecule has 3 heterocycles. The quantitative estimate of drug-likeness (QED) is 0.198. The van der Waals surface area contributed by atoms with Crippen LogP contribution in [0, 0.1) is 0 Å². The van der Waals surface area contributed by atoms with E-state index in [9.17, 15) is 0 Å². The van der Waals surface area contributed by atoms with Crippen molar-refractivity contribution in [1.29, 1.82) is 0 Å². The summed E-state index contributed by atoms with van der Waals surface area (Å²) in [6.07, 6.45) is 0. The van der Waals surface area contributed by atoms with E-state index >= 15 is 0 Å². The maximum atomic E-state index is 6.54. The van der Waals surface area contributed by atoms with Crippen LogP contribution in [0.2, 0.25) is 0 Å². The van der Waals surface area contributed by atoms with Gasteiger partial charge in [0.15, 0.2) is 23.1 Å². The number of benzene rings is 6. The molecule has 0 amide bonds. The van der Waals surface area contributed by atoms with Gasteiger partial charge in [-0.25, -0.2) is 19.9 Å². The zero-order chi connectivity index (χ0) is 30.5. The van der Waals surface area contributed by atoms with E-state index in [0.717, 1.165) is 66.4 Å². The number of aromatic nitrogens is 4. The van der Waals surface area contributed by atoms with Gasteiger partial charge < -0.3 is 8.83 Å². The first-order valence-corrected chi connectivity index (χ1v) is 15.1. The summed E-state index contributed by atoms with van der Waals surface area (Å²) in [5.41, 5.74) is 8.62. The fraction of sp³-hybridized carbons (Fsp3) is 0. The fourth-order valence-corrected chi connectivity index (χ4v) is 5.95. The summed E-state index contributed by atoms with van der Waals surface area (Å²) in [6.45, 7) is 0. The first-order valence-electron chi connectivity index (χ1n) is 15.1. The number of oxazole rings is 1. The lowest BCUT2D eigenvalue weighted by atomic mass is 10.0. The summed E-state index contributed by atoms with van der Waals surface area (Å²) in [4.78, 5) is 19.5. The summed E-state index contributed by atoms with van der Waals surface area (Å²) < 4.78 is 12.9. The second-order valence-corrected chi connectivity index (χ2v) is 11.1. The Morgan fingerprint density at radius 3 is 1.59 bits per heavy atom. The largest absolute Gasteiger partial charge is 0.455 e. The van der Waals surface area contributed by atoms with Gasteiger partial charge in [-0.05, 0) is 36.4 Å². The minimum Gasteiger partial charge on any atom is -0.455 e. The number of hydrogen-bond acceptors (Lipinski definition) is 6. The number of hydrogen-bond donors (Lipinski definition) is 0. The van der Waals surface area contributed by atoms with E-state index in [0.29, 0.717) is 23.4 Å². The van der Waals surface area contributed by atoms with Gasteiger partial charge in [-0.2, -0.15) is 0 Å². The van der Waals surface area contributed by atoms with Gasteiger partial charge in [0, 0.05) is 44.2 Å². The highest BCUT2D eigenvalue weighted by atomic mass is 16.3. The second-order valence-electron chi connectivity index (χ2n) is 11.1. The molecule has 9 rings (SSSR count). The maximum Gasteiger partial charge on any atom is 0.227 e. The Morgan fingerprint density at radius 1 is 0.370 bits per heavy atom. The van der Waals surface area contributed by atoms with Crippen LogP contribution in [0.15, 0.2) is 154 Å². The Labute approximate surface area is 263 Å². The smallest absolute Gasteiger partial charge is 0.227 e. The topological polar surface area (TPSA) is 77.8 Å². The zero-order valence-electron chi connectivity index (χ0n) is 24.5. The predicted octanol–water partition coefficient (Wildman–Crippen LogP) is 10.2. The third-order valence-corrected chi connectivity index (χ3v) is 8.18. The first kappa shape index (κ1) is 26.0. The average Bonchev–Trinajstić information content (AvgIpc) is 3.74. The van der Waals surface area contributed by atoms with E-state index in [1.54, 1.807) is 0 Å². The van der Waals surface area contributed by atoms with E-state index in [1.807, 2.05) is 115 Å². The Bertz CT molecular complexity index is 2460. The molecule has 0 aliphatic heterocycles. The maximum absolute atomic E-state index is 6.54. The lowest BCUT2D eigenvalue weighted by molar-refractivity contribution is 0.620. The molecule has 6 aromatic carbocycles. The van der Waals surface area contributed by atoms with Gasteiger partial charge in [0.1, 0.15) is 16.7 Å². The lowest BCUT2D eigenvalue weighted by Gasteiger charge is -2.08. The van der Waals surface area contributed by atoms with Crippen LogP contribution >= 0.6 is 0 Å². The minimum absolute atomic E-state index is 0.589. The Hall–Kier alpha value is -6.40. The molecule has 3 aromatic heterocycles. The number of rotatable bonds is 5. The van der Waals surface area contributed by atoms with Crippen LogP contribution in [0.5, 0.6) is 0 Å². The molecule has 0 saturated carbocycles. The normalized spacial score (nSPS) is 11.5. The molecule has 0 N–H and O–H groups in total. The average molecular weight is 593 g/mol. The molecule has 0 spiro atoms. The molecule has 9 aromatic rings. The van der Waals surface area contributed by atoms with Crippen molar-refractivity contribution in [3.8, 4) is 56.7 Å². The van der Waals surface area contributed by atoms with E-state index in [-0.39, 0.29) is 0 Å². The van der Waals surface area contributed by atoms with Crippen molar-refractivity contribution in [3.05, 3.63) is 146 Å². The van der Waals surface area contributed by atoms with Crippen molar-refractivity contribution in [1.82, 2.24) is 19.9 Å². The van der Waals surface area contributed by atoms with Gasteiger partial charge in [-0.15, -0.1) is 0 Å². The number of nitrogens with zero attached hydrogens (tertiary/aromatic N) is 4. The van der Waals surface area contributed by atoms with Gasteiger partial charge in [0.05, 0.1) is 0 Å².